The molecule has 0 aliphatic heterocycles. The van der Waals surface area contributed by atoms with E-state index < -0.39 is 23.9 Å². The molecule has 0 saturated carbocycles. The molecule has 2 aromatic carbocycles. The van der Waals surface area contributed by atoms with Crippen molar-refractivity contribution in [1.29, 1.82) is 0 Å². The molecule has 0 heterocycles. The van der Waals surface area contributed by atoms with Crippen LogP contribution in [-0.2, 0) is 16.1 Å². The van der Waals surface area contributed by atoms with Crippen LogP contribution in [0.15, 0.2) is 54.6 Å². The highest BCUT2D eigenvalue weighted by atomic mass is 19.1. The van der Waals surface area contributed by atoms with E-state index in [9.17, 15) is 14.0 Å². The first-order valence-corrected chi connectivity index (χ1v) is 7.38. The van der Waals surface area contributed by atoms with Crippen LogP contribution < -0.4 is 0 Å². The standard InChI is InChI=1S/C18H18FNO4/c1-20(18(23)24-12-13-5-3-2-4-6-13)16(11-17(21)22)14-7-9-15(19)10-8-14/h2-10,16H,11-12H2,1H3,(H,21,22). The van der Waals surface area contributed by atoms with E-state index in [0.29, 0.717) is 5.56 Å². The summed E-state index contributed by atoms with van der Waals surface area (Å²) in [4.78, 5) is 24.5. The molecule has 1 atom stereocenters. The first kappa shape index (κ1) is 17.5. The number of nitrogens with zero attached hydrogens (tertiary/aromatic N) is 1. The van der Waals surface area contributed by atoms with Gasteiger partial charge in [-0.15, -0.1) is 0 Å². The van der Waals surface area contributed by atoms with Crippen LogP contribution in [0.3, 0.4) is 0 Å². The Morgan fingerprint density at radius 2 is 1.75 bits per heavy atom. The van der Waals surface area contributed by atoms with E-state index in [1.165, 1.54) is 36.2 Å². The van der Waals surface area contributed by atoms with E-state index >= 15 is 0 Å². The van der Waals surface area contributed by atoms with Crippen LogP contribution in [0, 0.1) is 5.82 Å². The summed E-state index contributed by atoms with van der Waals surface area (Å²) in [5.41, 5.74) is 1.36. The molecular formula is C18H18FNO4. The Morgan fingerprint density at radius 3 is 2.33 bits per heavy atom. The molecule has 0 aliphatic carbocycles. The van der Waals surface area contributed by atoms with Gasteiger partial charge in [-0.05, 0) is 23.3 Å². The topological polar surface area (TPSA) is 66.8 Å². The summed E-state index contributed by atoms with van der Waals surface area (Å²) < 4.78 is 18.3. The van der Waals surface area contributed by atoms with Gasteiger partial charge in [-0.25, -0.2) is 9.18 Å². The van der Waals surface area contributed by atoms with E-state index in [-0.39, 0.29) is 13.0 Å². The Kier molecular flexibility index (Phi) is 5.89. The van der Waals surface area contributed by atoms with Crippen molar-refractivity contribution in [1.82, 2.24) is 4.90 Å². The molecule has 6 heteroatoms. The summed E-state index contributed by atoms with van der Waals surface area (Å²) >= 11 is 0. The highest BCUT2D eigenvalue weighted by Crippen LogP contribution is 2.24. The average Bonchev–Trinajstić information content (AvgIpc) is 2.58. The van der Waals surface area contributed by atoms with E-state index in [2.05, 4.69) is 0 Å². The van der Waals surface area contributed by atoms with Gasteiger partial charge in [-0.1, -0.05) is 42.5 Å². The first-order valence-electron chi connectivity index (χ1n) is 7.38. The van der Waals surface area contributed by atoms with Crippen molar-refractivity contribution in [3.8, 4) is 0 Å². The number of aliphatic carboxylic acids is 1. The molecule has 0 radical (unpaired) electrons. The zero-order chi connectivity index (χ0) is 17.5. The zero-order valence-electron chi connectivity index (χ0n) is 13.2. The molecule has 1 amide bonds. The third-order valence-corrected chi connectivity index (χ3v) is 3.58. The van der Waals surface area contributed by atoms with Gasteiger partial charge in [0.1, 0.15) is 12.4 Å². The fraction of sp³-hybridized carbons (Fsp3) is 0.222. The number of amides is 1. The van der Waals surface area contributed by atoms with E-state index in [0.717, 1.165) is 5.56 Å². The van der Waals surface area contributed by atoms with Crippen molar-refractivity contribution in [3.63, 3.8) is 0 Å². The second-order valence-electron chi connectivity index (χ2n) is 5.32. The number of rotatable bonds is 6. The quantitative estimate of drug-likeness (QED) is 0.878. The third-order valence-electron chi connectivity index (χ3n) is 3.58. The van der Waals surface area contributed by atoms with Crippen molar-refractivity contribution in [2.24, 2.45) is 0 Å². The van der Waals surface area contributed by atoms with Crippen LogP contribution in [0.25, 0.3) is 0 Å². The number of carbonyl (C=O) groups is 2. The zero-order valence-corrected chi connectivity index (χ0v) is 13.2. The molecule has 126 valence electrons. The molecule has 2 rings (SSSR count). The Bertz CT molecular complexity index is 688. The number of carboxylic acids is 1. The molecule has 24 heavy (non-hydrogen) atoms. The van der Waals surface area contributed by atoms with Crippen LogP contribution in [0.4, 0.5) is 9.18 Å². The van der Waals surface area contributed by atoms with Crippen molar-refractivity contribution in [2.75, 3.05) is 7.05 Å². The lowest BCUT2D eigenvalue weighted by atomic mass is 10.0. The molecule has 0 bridgehead atoms. The summed E-state index contributed by atoms with van der Waals surface area (Å²) in [6, 6.07) is 13.8. The van der Waals surface area contributed by atoms with Gasteiger partial charge in [0, 0.05) is 7.05 Å². The predicted molar refractivity (Wildman–Crippen MR) is 85.8 cm³/mol. The molecule has 0 aliphatic rings. The number of halogens is 1. The lowest BCUT2D eigenvalue weighted by molar-refractivity contribution is -0.138. The maximum absolute atomic E-state index is 13.1. The van der Waals surface area contributed by atoms with Gasteiger partial charge in [0.05, 0.1) is 12.5 Å². The number of carboxylic acid groups (broad SMARTS) is 1. The summed E-state index contributed by atoms with van der Waals surface area (Å²) in [6.07, 6.45) is -0.947. The van der Waals surface area contributed by atoms with Crippen molar-refractivity contribution < 1.29 is 23.8 Å². The van der Waals surface area contributed by atoms with E-state index in [1.807, 2.05) is 30.3 Å². The lowest BCUT2D eigenvalue weighted by Crippen LogP contribution is -2.33. The summed E-state index contributed by atoms with van der Waals surface area (Å²) in [5.74, 6) is -1.49. The molecule has 1 unspecified atom stereocenters. The number of benzene rings is 2. The molecular weight excluding hydrogens is 313 g/mol. The van der Waals surface area contributed by atoms with Crippen LogP contribution in [0.2, 0.25) is 0 Å². The second kappa shape index (κ2) is 8.10. The van der Waals surface area contributed by atoms with E-state index in [1.54, 1.807) is 0 Å². The molecule has 0 saturated heterocycles. The van der Waals surface area contributed by atoms with Gasteiger partial charge in [0.2, 0.25) is 0 Å². The number of carbonyl (C=O) groups excluding carboxylic acids is 1. The second-order valence-corrected chi connectivity index (χ2v) is 5.32. The van der Waals surface area contributed by atoms with Crippen LogP contribution in [-0.4, -0.2) is 29.1 Å². The van der Waals surface area contributed by atoms with Crippen molar-refractivity contribution in [3.05, 3.63) is 71.5 Å². The minimum Gasteiger partial charge on any atom is -0.481 e. The van der Waals surface area contributed by atoms with Gasteiger partial charge in [-0.2, -0.15) is 0 Å². The molecule has 2 aromatic rings. The van der Waals surface area contributed by atoms with Crippen LogP contribution >= 0.6 is 0 Å². The summed E-state index contributed by atoms with van der Waals surface area (Å²) in [7, 11) is 1.46. The molecule has 0 fully saturated rings. The highest BCUT2D eigenvalue weighted by molar-refractivity contribution is 5.72. The maximum Gasteiger partial charge on any atom is 0.410 e. The monoisotopic (exact) mass is 331 g/mol. The Labute approximate surface area is 139 Å². The molecule has 0 aromatic heterocycles. The number of hydrogen-bond donors (Lipinski definition) is 1. The van der Waals surface area contributed by atoms with E-state index in [4.69, 9.17) is 9.84 Å². The Hall–Kier alpha value is -2.89. The Balaban J connectivity index is 2.08. The third kappa shape index (κ3) is 4.81. The summed E-state index contributed by atoms with van der Waals surface area (Å²) in [5, 5.41) is 9.09. The summed E-state index contributed by atoms with van der Waals surface area (Å²) in [6.45, 7) is 0.0905. The molecule has 5 nitrogen and oxygen atoms in total. The largest absolute Gasteiger partial charge is 0.481 e. The smallest absolute Gasteiger partial charge is 0.410 e. The van der Waals surface area contributed by atoms with Gasteiger partial charge in [0.15, 0.2) is 0 Å². The number of ether oxygens (including phenoxy) is 1. The average molecular weight is 331 g/mol. The molecule has 0 spiro atoms. The van der Waals surface area contributed by atoms with Gasteiger partial charge in [0.25, 0.3) is 0 Å². The predicted octanol–water partition coefficient (Wildman–Crippen LogP) is 3.61. The van der Waals surface area contributed by atoms with Crippen molar-refractivity contribution in [2.45, 2.75) is 19.1 Å². The Morgan fingerprint density at radius 1 is 1.12 bits per heavy atom. The van der Waals surface area contributed by atoms with Crippen molar-refractivity contribution >= 4 is 12.1 Å². The van der Waals surface area contributed by atoms with Gasteiger partial charge < -0.3 is 14.7 Å². The maximum atomic E-state index is 13.1. The normalized spacial score (nSPS) is 11.6. The first-order chi connectivity index (χ1) is 11.5. The molecule has 1 N–H and O–H groups in total. The minimum atomic E-state index is -1.06. The van der Waals surface area contributed by atoms with Gasteiger partial charge >= 0.3 is 12.1 Å². The van der Waals surface area contributed by atoms with Gasteiger partial charge in [-0.3, -0.25) is 4.79 Å². The SMILES string of the molecule is CN(C(=O)OCc1ccccc1)C(CC(=O)O)c1ccc(F)cc1. The van der Waals surface area contributed by atoms with Crippen LogP contribution in [0.1, 0.15) is 23.6 Å². The highest BCUT2D eigenvalue weighted by Gasteiger charge is 2.25. The van der Waals surface area contributed by atoms with Crippen LogP contribution in [0.5, 0.6) is 0 Å². The lowest BCUT2D eigenvalue weighted by Gasteiger charge is -2.26. The number of hydrogen-bond acceptors (Lipinski definition) is 3. The fourth-order valence-corrected chi connectivity index (χ4v) is 2.28. The minimum absolute atomic E-state index is 0.0905. The fourth-order valence-electron chi connectivity index (χ4n) is 2.28.